The van der Waals surface area contributed by atoms with Crippen LogP contribution in [-0.2, 0) is 0 Å². The lowest BCUT2D eigenvalue weighted by atomic mass is 10.3. The third kappa shape index (κ3) is 1.06. The van der Waals surface area contributed by atoms with Gasteiger partial charge in [0.05, 0.1) is 5.52 Å². The van der Waals surface area contributed by atoms with Crippen LogP contribution >= 0.6 is 12.2 Å². The van der Waals surface area contributed by atoms with Gasteiger partial charge in [-0.1, -0.05) is 24.4 Å². The summed E-state index contributed by atoms with van der Waals surface area (Å²) in [7, 11) is 0. The zero-order valence-corrected chi connectivity index (χ0v) is 6.85. The number of aromatic nitrogens is 1. The minimum atomic E-state index is -0.497. The number of hydrogen-bond donors (Lipinski definition) is 1. The lowest BCUT2D eigenvalue weighted by Crippen LogP contribution is -2.00. The molecule has 12 heavy (non-hydrogen) atoms. The van der Waals surface area contributed by atoms with Gasteiger partial charge in [0.25, 0.3) is 0 Å². The molecule has 1 aromatic heterocycles. The highest BCUT2D eigenvalue weighted by molar-refractivity contribution is 7.71. The quantitative estimate of drug-likeness (QED) is 0.628. The first-order valence-corrected chi connectivity index (χ1v) is 3.80. The predicted molar refractivity (Wildman–Crippen MR) is 47.7 cm³/mol. The molecule has 0 aliphatic heterocycles. The van der Waals surface area contributed by atoms with E-state index in [2.05, 4.69) is 4.98 Å². The summed E-state index contributed by atoms with van der Waals surface area (Å²) in [6.07, 6.45) is 0. The Bertz CT molecular complexity index is 478. The van der Waals surface area contributed by atoms with E-state index in [0.29, 0.717) is 5.58 Å². The Morgan fingerprint density at radius 3 is 2.92 bits per heavy atom. The normalized spacial score (nSPS) is 10.3. The maximum absolute atomic E-state index is 10.9. The monoisotopic (exact) mass is 179 g/mol. The molecule has 1 N–H and O–H groups in total. The third-order valence-electron chi connectivity index (χ3n) is 1.52. The van der Waals surface area contributed by atoms with Gasteiger partial charge in [-0.2, -0.15) is 0 Å². The Morgan fingerprint density at radius 1 is 1.33 bits per heavy atom. The van der Waals surface area contributed by atoms with Crippen LogP contribution in [0.1, 0.15) is 0 Å². The minimum Gasteiger partial charge on any atom is -0.419 e. The molecular formula is C8H5NO2S. The van der Waals surface area contributed by atoms with E-state index in [-0.39, 0.29) is 4.64 Å². The van der Waals surface area contributed by atoms with Gasteiger partial charge >= 0.3 is 5.63 Å². The van der Waals surface area contributed by atoms with Crippen molar-refractivity contribution in [2.75, 3.05) is 0 Å². The fourth-order valence-electron chi connectivity index (χ4n) is 0.978. The Balaban J connectivity index is 3.03. The maximum Gasteiger partial charge on any atom is 0.371 e. The Labute approximate surface area is 72.7 Å². The average molecular weight is 179 g/mol. The average Bonchev–Trinajstić information content (AvgIpc) is 2.07. The lowest BCUT2D eigenvalue weighted by molar-refractivity contribution is 0.551. The first-order valence-electron chi connectivity index (χ1n) is 3.39. The Hall–Kier alpha value is -1.42. The van der Waals surface area contributed by atoms with Gasteiger partial charge in [-0.3, -0.25) is 0 Å². The van der Waals surface area contributed by atoms with Crippen LogP contribution in [0, 0.1) is 4.64 Å². The SMILES string of the molecule is O=c1oc2ccccc2[nH]c1=S. The molecule has 0 radical (unpaired) electrons. The van der Waals surface area contributed by atoms with Crippen LogP contribution in [0.5, 0.6) is 0 Å². The molecule has 1 heterocycles. The van der Waals surface area contributed by atoms with Gasteiger partial charge in [0.1, 0.15) is 0 Å². The summed E-state index contributed by atoms with van der Waals surface area (Å²) in [5.41, 5.74) is 0.766. The van der Waals surface area contributed by atoms with E-state index in [0.717, 1.165) is 5.52 Å². The zero-order valence-electron chi connectivity index (χ0n) is 6.03. The molecular weight excluding hydrogens is 174 g/mol. The van der Waals surface area contributed by atoms with Crippen molar-refractivity contribution in [1.82, 2.24) is 4.98 Å². The van der Waals surface area contributed by atoms with Crippen LogP contribution in [0.3, 0.4) is 0 Å². The summed E-state index contributed by atoms with van der Waals surface area (Å²) in [5, 5.41) is 0. The molecule has 3 nitrogen and oxygen atoms in total. The van der Waals surface area contributed by atoms with E-state index >= 15 is 0 Å². The number of para-hydroxylation sites is 2. The molecule has 4 heteroatoms. The van der Waals surface area contributed by atoms with Crippen molar-refractivity contribution >= 4 is 23.3 Å². The topological polar surface area (TPSA) is 46.0 Å². The molecule has 0 bridgehead atoms. The number of hydrogen-bond acceptors (Lipinski definition) is 3. The molecule has 1 aromatic carbocycles. The Kier molecular flexibility index (Phi) is 1.55. The van der Waals surface area contributed by atoms with E-state index in [1.165, 1.54) is 0 Å². The van der Waals surface area contributed by atoms with Crippen molar-refractivity contribution in [3.63, 3.8) is 0 Å². The highest BCUT2D eigenvalue weighted by atomic mass is 32.1. The van der Waals surface area contributed by atoms with Crippen LogP contribution in [0.25, 0.3) is 11.1 Å². The zero-order chi connectivity index (χ0) is 8.55. The van der Waals surface area contributed by atoms with E-state index < -0.39 is 5.63 Å². The number of nitrogens with one attached hydrogen (secondary N) is 1. The first kappa shape index (κ1) is 7.24. The minimum absolute atomic E-state index is 0.105. The molecule has 2 aromatic rings. The fourth-order valence-corrected chi connectivity index (χ4v) is 1.13. The number of aromatic amines is 1. The van der Waals surface area contributed by atoms with Gasteiger partial charge in [-0.15, -0.1) is 0 Å². The van der Waals surface area contributed by atoms with Crippen LogP contribution in [0.2, 0.25) is 0 Å². The largest absolute Gasteiger partial charge is 0.419 e. The molecule has 0 amide bonds. The molecule has 2 rings (SSSR count). The van der Waals surface area contributed by atoms with Crippen molar-refractivity contribution in [2.45, 2.75) is 0 Å². The smallest absolute Gasteiger partial charge is 0.371 e. The van der Waals surface area contributed by atoms with Crippen LogP contribution in [0.4, 0.5) is 0 Å². The van der Waals surface area contributed by atoms with E-state index in [9.17, 15) is 4.79 Å². The third-order valence-corrected chi connectivity index (χ3v) is 1.79. The molecule has 0 saturated heterocycles. The van der Waals surface area contributed by atoms with Gasteiger partial charge in [0.15, 0.2) is 10.2 Å². The van der Waals surface area contributed by atoms with Crippen LogP contribution in [-0.4, -0.2) is 4.98 Å². The number of fused-ring (bicyclic) bond motifs is 1. The summed E-state index contributed by atoms with van der Waals surface area (Å²) >= 11 is 4.72. The molecule has 0 unspecified atom stereocenters. The molecule has 60 valence electrons. The molecule has 0 aliphatic rings. The molecule has 0 spiro atoms. The van der Waals surface area contributed by atoms with Gasteiger partial charge in [-0.25, -0.2) is 4.79 Å². The van der Waals surface area contributed by atoms with Gasteiger partial charge in [-0.05, 0) is 12.1 Å². The standard InChI is InChI=1S/C8H5NO2S/c10-8-7(12)9-5-3-1-2-4-6(5)11-8/h1-4H,(H,9,12). The summed E-state index contributed by atoms with van der Waals surface area (Å²) < 4.78 is 5.01. The van der Waals surface area contributed by atoms with Gasteiger partial charge in [0, 0.05) is 0 Å². The molecule has 0 aliphatic carbocycles. The van der Waals surface area contributed by atoms with Crippen molar-refractivity contribution in [3.05, 3.63) is 39.3 Å². The van der Waals surface area contributed by atoms with Crippen molar-refractivity contribution < 1.29 is 4.42 Å². The van der Waals surface area contributed by atoms with E-state index in [1.54, 1.807) is 18.2 Å². The fraction of sp³-hybridized carbons (Fsp3) is 0. The second-order valence-electron chi connectivity index (χ2n) is 2.34. The number of rotatable bonds is 0. The maximum atomic E-state index is 10.9. The predicted octanol–water partition coefficient (Wildman–Crippen LogP) is 1.85. The van der Waals surface area contributed by atoms with E-state index in [4.69, 9.17) is 16.6 Å². The Morgan fingerprint density at radius 2 is 2.08 bits per heavy atom. The summed E-state index contributed by atoms with van der Waals surface area (Å²) in [6.45, 7) is 0. The van der Waals surface area contributed by atoms with Gasteiger partial charge < -0.3 is 9.40 Å². The second-order valence-corrected chi connectivity index (χ2v) is 2.75. The highest BCUT2D eigenvalue weighted by Gasteiger charge is 1.96. The van der Waals surface area contributed by atoms with Crippen molar-refractivity contribution in [2.24, 2.45) is 0 Å². The molecule has 0 saturated carbocycles. The van der Waals surface area contributed by atoms with Crippen molar-refractivity contribution in [1.29, 1.82) is 0 Å². The van der Waals surface area contributed by atoms with Crippen molar-refractivity contribution in [3.8, 4) is 0 Å². The number of benzene rings is 1. The summed E-state index contributed by atoms with van der Waals surface area (Å²) in [4.78, 5) is 13.7. The van der Waals surface area contributed by atoms with Crippen LogP contribution < -0.4 is 5.63 Å². The highest BCUT2D eigenvalue weighted by Crippen LogP contribution is 2.06. The second kappa shape index (κ2) is 2.57. The molecule has 0 fully saturated rings. The summed E-state index contributed by atoms with van der Waals surface area (Å²) in [6, 6.07) is 7.14. The summed E-state index contributed by atoms with van der Waals surface area (Å²) in [5.74, 6) is 0. The molecule has 0 atom stereocenters. The first-order chi connectivity index (χ1) is 5.77. The number of H-pyrrole nitrogens is 1. The lowest BCUT2D eigenvalue weighted by Gasteiger charge is -1.93. The van der Waals surface area contributed by atoms with Gasteiger partial charge in [0.2, 0.25) is 0 Å². The van der Waals surface area contributed by atoms with E-state index in [1.807, 2.05) is 6.07 Å². The van der Waals surface area contributed by atoms with Crippen LogP contribution in [0.15, 0.2) is 33.5 Å².